The van der Waals surface area contributed by atoms with E-state index in [0.29, 0.717) is 0 Å². The van der Waals surface area contributed by atoms with Gasteiger partial charge in [0.2, 0.25) is 0 Å². The molecule has 81 valence electrons. The van der Waals surface area contributed by atoms with Crippen LogP contribution in [0.4, 0.5) is 0 Å². The summed E-state index contributed by atoms with van der Waals surface area (Å²) in [6.07, 6.45) is 15.2. The van der Waals surface area contributed by atoms with Crippen LogP contribution in [0.1, 0.15) is 25.7 Å². The highest BCUT2D eigenvalue weighted by Crippen LogP contribution is 2.25. The van der Waals surface area contributed by atoms with Gasteiger partial charge in [-0.2, -0.15) is 0 Å². The molecule has 2 heterocycles. The predicted molar refractivity (Wildman–Crippen MR) is 62.0 cm³/mol. The van der Waals surface area contributed by atoms with E-state index in [-0.39, 0.29) is 0 Å². The molecule has 0 aliphatic carbocycles. The average molecular weight is 204 g/mol. The van der Waals surface area contributed by atoms with Crippen molar-refractivity contribution in [1.82, 2.24) is 5.32 Å². The number of allylic oxidation sites excluding steroid dienone is 3. The Hall–Kier alpha value is -1.02. The molecule has 0 unspecified atom stereocenters. The van der Waals surface area contributed by atoms with Crippen molar-refractivity contribution in [2.75, 3.05) is 13.2 Å². The quantitative estimate of drug-likeness (QED) is 0.709. The Morgan fingerprint density at radius 2 is 2.13 bits per heavy atom. The first-order chi connectivity index (χ1) is 7.47. The lowest BCUT2D eigenvalue weighted by atomic mass is 9.92. The van der Waals surface area contributed by atoms with Gasteiger partial charge in [-0.25, -0.2) is 0 Å². The van der Waals surface area contributed by atoms with Gasteiger partial charge in [0, 0.05) is 24.9 Å². The van der Waals surface area contributed by atoms with Gasteiger partial charge in [-0.05, 0) is 30.6 Å². The maximum Gasteiger partial charge on any atom is 0.0572 e. The summed E-state index contributed by atoms with van der Waals surface area (Å²) >= 11 is 0. The molecular formula is C13H18NO. The molecule has 0 bridgehead atoms. The number of rotatable bonds is 1. The molecule has 2 rings (SSSR count). The fourth-order valence-electron chi connectivity index (χ4n) is 1.91. The highest BCUT2D eigenvalue weighted by atomic mass is 16.5. The van der Waals surface area contributed by atoms with Crippen LogP contribution in [0.25, 0.3) is 0 Å². The first kappa shape index (κ1) is 10.5. The van der Waals surface area contributed by atoms with Crippen LogP contribution in [-0.2, 0) is 4.74 Å². The molecule has 0 amide bonds. The van der Waals surface area contributed by atoms with Crippen molar-refractivity contribution in [3.63, 3.8) is 0 Å². The average Bonchev–Trinajstić information content (AvgIpc) is 2.45. The maximum atomic E-state index is 5.62. The Balaban J connectivity index is 2.00. The lowest BCUT2D eigenvalue weighted by molar-refractivity contribution is 0.131. The fourth-order valence-corrected chi connectivity index (χ4v) is 1.91. The third-order valence-electron chi connectivity index (χ3n) is 2.78. The molecule has 0 atom stereocenters. The second kappa shape index (κ2) is 5.76. The standard InChI is InChI=1S/C13H18NO/c1-2-5-13(11-15-10-3-1)12-6-4-8-14-9-7-12/h4,6-9,14H,1-3,5,10-11H2. The summed E-state index contributed by atoms with van der Waals surface area (Å²) in [5.41, 5.74) is 1.30. The van der Waals surface area contributed by atoms with Gasteiger partial charge in [0.05, 0.1) is 6.61 Å². The first-order valence-corrected chi connectivity index (χ1v) is 5.69. The summed E-state index contributed by atoms with van der Waals surface area (Å²) in [4.78, 5) is 0. The van der Waals surface area contributed by atoms with Crippen LogP contribution in [0, 0.1) is 5.92 Å². The van der Waals surface area contributed by atoms with Gasteiger partial charge < -0.3 is 10.1 Å². The topological polar surface area (TPSA) is 21.3 Å². The maximum absolute atomic E-state index is 5.62. The molecule has 0 aromatic heterocycles. The normalized spacial score (nSPS) is 23.6. The van der Waals surface area contributed by atoms with Gasteiger partial charge in [-0.15, -0.1) is 0 Å². The summed E-state index contributed by atoms with van der Waals surface area (Å²) in [6, 6.07) is 0. The van der Waals surface area contributed by atoms with E-state index in [4.69, 9.17) is 4.74 Å². The molecule has 2 aliphatic heterocycles. The van der Waals surface area contributed by atoms with Crippen LogP contribution >= 0.6 is 0 Å². The Morgan fingerprint density at radius 1 is 1.13 bits per heavy atom. The summed E-state index contributed by atoms with van der Waals surface area (Å²) in [7, 11) is 0. The summed E-state index contributed by atoms with van der Waals surface area (Å²) in [6.45, 7) is 1.71. The van der Waals surface area contributed by atoms with Crippen molar-refractivity contribution in [3.8, 4) is 0 Å². The lowest BCUT2D eigenvalue weighted by Crippen LogP contribution is -2.13. The first-order valence-electron chi connectivity index (χ1n) is 5.69. The van der Waals surface area contributed by atoms with E-state index in [9.17, 15) is 0 Å². The minimum atomic E-state index is 0.796. The van der Waals surface area contributed by atoms with Crippen molar-refractivity contribution < 1.29 is 4.74 Å². The number of hydrogen-bond acceptors (Lipinski definition) is 2. The highest BCUT2D eigenvalue weighted by Gasteiger charge is 2.15. The third-order valence-corrected chi connectivity index (χ3v) is 2.78. The van der Waals surface area contributed by atoms with Crippen molar-refractivity contribution in [2.45, 2.75) is 25.7 Å². The van der Waals surface area contributed by atoms with Gasteiger partial charge >= 0.3 is 0 Å². The number of nitrogens with one attached hydrogen (secondary N) is 1. The molecule has 2 heteroatoms. The number of ether oxygens (including phenoxy) is 1. The van der Waals surface area contributed by atoms with Gasteiger partial charge in [-0.1, -0.05) is 18.9 Å². The van der Waals surface area contributed by atoms with E-state index in [1.807, 2.05) is 18.5 Å². The fraction of sp³-hybridized carbons (Fsp3) is 0.462. The van der Waals surface area contributed by atoms with E-state index in [2.05, 4.69) is 17.5 Å². The Kier molecular flexibility index (Phi) is 4.03. The summed E-state index contributed by atoms with van der Waals surface area (Å²) in [5, 5.41) is 3.08. The molecule has 2 aliphatic rings. The highest BCUT2D eigenvalue weighted by molar-refractivity contribution is 5.39. The Bertz CT molecular complexity index is 270. The third kappa shape index (κ3) is 3.24. The zero-order valence-corrected chi connectivity index (χ0v) is 9.04. The van der Waals surface area contributed by atoms with E-state index >= 15 is 0 Å². The van der Waals surface area contributed by atoms with Crippen LogP contribution in [0.15, 0.2) is 36.2 Å². The zero-order valence-electron chi connectivity index (χ0n) is 9.04. The lowest BCUT2D eigenvalue weighted by Gasteiger charge is -2.20. The largest absolute Gasteiger partial charge is 0.380 e. The van der Waals surface area contributed by atoms with Crippen molar-refractivity contribution in [1.29, 1.82) is 0 Å². The van der Waals surface area contributed by atoms with Gasteiger partial charge in [-0.3, -0.25) is 0 Å². The molecule has 0 saturated carbocycles. The second-order valence-corrected chi connectivity index (χ2v) is 3.95. The molecule has 2 nitrogen and oxygen atoms in total. The van der Waals surface area contributed by atoms with Crippen LogP contribution in [-0.4, -0.2) is 13.2 Å². The van der Waals surface area contributed by atoms with Crippen LogP contribution in [0.3, 0.4) is 0 Å². The molecule has 0 aromatic rings. The van der Waals surface area contributed by atoms with Crippen LogP contribution in [0.2, 0.25) is 0 Å². The smallest absolute Gasteiger partial charge is 0.0572 e. The summed E-state index contributed by atoms with van der Waals surface area (Å²) < 4.78 is 5.62. The molecule has 1 saturated heterocycles. The van der Waals surface area contributed by atoms with Crippen LogP contribution in [0.5, 0.6) is 0 Å². The SMILES string of the molecule is C1=CNC=CC([C]2CCCCCOC2)=C1. The van der Waals surface area contributed by atoms with E-state index in [1.54, 1.807) is 0 Å². The molecule has 0 spiro atoms. The summed E-state index contributed by atoms with van der Waals surface area (Å²) in [5.74, 6) is 1.43. The van der Waals surface area contributed by atoms with Crippen LogP contribution < -0.4 is 5.32 Å². The van der Waals surface area contributed by atoms with E-state index < -0.39 is 0 Å². The second-order valence-electron chi connectivity index (χ2n) is 3.95. The van der Waals surface area contributed by atoms with Crippen molar-refractivity contribution in [3.05, 3.63) is 42.1 Å². The van der Waals surface area contributed by atoms with Crippen molar-refractivity contribution >= 4 is 0 Å². The molecular weight excluding hydrogens is 186 g/mol. The Labute approximate surface area is 91.7 Å². The minimum Gasteiger partial charge on any atom is -0.380 e. The number of hydrogen-bond donors (Lipinski definition) is 1. The van der Waals surface area contributed by atoms with Gasteiger partial charge in [0.1, 0.15) is 0 Å². The van der Waals surface area contributed by atoms with E-state index in [0.717, 1.165) is 13.2 Å². The zero-order chi connectivity index (χ0) is 10.3. The monoisotopic (exact) mass is 204 g/mol. The van der Waals surface area contributed by atoms with Gasteiger partial charge in [0.25, 0.3) is 0 Å². The minimum absolute atomic E-state index is 0.796. The molecule has 1 N–H and O–H groups in total. The van der Waals surface area contributed by atoms with E-state index in [1.165, 1.54) is 37.2 Å². The van der Waals surface area contributed by atoms with Gasteiger partial charge in [0.15, 0.2) is 0 Å². The molecule has 15 heavy (non-hydrogen) atoms. The molecule has 1 fully saturated rings. The van der Waals surface area contributed by atoms with Crippen molar-refractivity contribution in [2.24, 2.45) is 0 Å². The predicted octanol–water partition coefficient (Wildman–Crippen LogP) is 2.71. The molecule has 1 radical (unpaired) electrons. The molecule has 0 aromatic carbocycles. The Morgan fingerprint density at radius 3 is 3.13 bits per heavy atom.